The Labute approximate surface area is 390 Å². The van der Waals surface area contributed by atoms with Gasteiger partial charge in [0.2, 0.25) is 0 Å². The normalized spacial score (nSPS) is 12.3. The van der Waals surface area contributed by atoms with Gasteiger partial charge in [-0.3, -0.25) is 0 Å². The quantitative estimate of drug-likeness (QED) is 0.148. The Morgan fingerprint density at radius 1 is 0.358 bits per heavy atom. The van der Waals surface area contributed by atoms with Crippen LogP contribution in [0.4, 0.5) is 17.1 Å². The molecule has 0 spiro atoms. The number of fused-ring (bicyclic) bond motifs is 7. The van der Waals surface area contributed by atoms with Crippen LogP contribution in [0.5, 0.6) is 0 Å². The van der Waals surface area contributed by atoms with Gasteiger partial charge < -0.3 is 14.0 Å². The molecule has 2 aromatic heterocycles. The molecule has 12 aromatic rings. The molecule has 0 unspecified atom stereocenters. The van der Waals surface area contributed by atoms with Crippen LogP contribution >= 0.6 is 0 Å². The lowest BCUT2D eigenvalue weighted by molar-refractivity contribution is 0.888. The van der Waals surface area contributed by atoms with Crippen molar-refractivity contribution in [3.8, 4) is 44.8 Å². The van der Waals surface area contributed by atoms with Crippen molar-refractivity contribution in [2.24, 2.45) is 0 Å². The van der Waals surface area contributed by atoms with Gasteiger partial charge in [0.1, 0.15) is 0 Å². The maximum absolute atomic E-state index is 2.46. The molecule has 0 fully saturated rings. The first-order valence-electron chi connectivity index (χ1n) is 23.3. The minimum atomic E-state index is 1.04. The third kappa shape index (κ3) is 6.58. The Bertz CT molecular complexity index is 3820. The molecule has 0 aliphatic heterocycles. The van der Waals surface area contributed by atoms with Gasteiger partial charge in [-0.2, -0.15) is 0 Å². The topological polar surface area (TPSA) is 13.1 Å². The first kappa shape index (κ1) is 38.8. The van der Waals surface area contributed by atoms with E-state index in [1.165, 1.54) is 93.8 Å². The molecule has 0 saturated heterocycles. The van der Waals surface area contributed by atoms with Crippen LogP contribution in [0.2, 0.25) is 0 Å². The van der Waals surface area contributed by atoms with Crippen LogP contribution < -0.4 is 4.90 Å². The summed E-state index contributed by atoms with van der Waals surface area (Å²) in [7, 11) is 0. The van der Waals surface area contributed by atoms with Crippen molar-refractivity contribution in [2.75, 3.05) is 4.90 Å². The molecular formula is C64H45N3. The van der Waals surface area contributed by atoms with Crippen molar-refractivity contribution < 1.29 is 0 Å². The second-order valence-electron chi connectivity index (χ2n) is 17.6. The molecule has 0 bridgehead atoms. The minimum Gasteiger partial charge on any atom is -0.313 e. The summed E-state index contributed by atoms with van der Waals surface area (Å²) in [5, 5.41) is 6.25. The Morgan fingerprint density at radius 2 is 0.896 bits per heavy atom. The van der Waals surface area contributed by atoms with E-state index in [4.69, 9.17) is 0 Å². The number of rotatable bonds is 8. The first-order chi connectivity index (χ1) is 33.2. The largest absolute Gasteiger partial charge is 0.313 e. The molecule has 1 aliphatic rings. The van der Waals surface area contributed by atoms with Gasteiger partial charge >= 0.3 is 0 Å². The zero-order valence-electron chi connectivity index (χ0n) is 36.9. The molecule has 13 rings (SSSR count). The van der Waals surface area contributed by atoms with E-state index in [1.54, 1.807) is 0 Å². The lowest BCUT2D eigenvalue weighted by Gasteiger charge is -2.26. The van der Waals surface area contributed by atoms with E-state index in [-0.39, 0.29) is 0 Å². The van der Waals surface area contributed by atoms with E-state index in [1.807, 2.05) is 0 Å². The number of nitrogens with zero attached hydrogens (tertiary/aromatic N) is 3. The highest BCUT2D eigenvalue weighted by molar-refractivity contribution is 6.11. The maximum Gasteiger partial charge on any atom is 0.0542 e. The SMILES string of the molecule is C1=Cc2c(n(-c3ccccc3)c3ccc(-c4ccc(-c5cccc6cccc(-c7ccc(N(c8ccccc8)c8ccc9c(c8)c8ccccc8n9-c8ccccc8)cc7)c56)cc4)cc23)CC1. The van der Waals surface area contributed by atoms with Gasteiger partial charge in [-0.05, 0) is 142 Å². The van der Waals surface area contributed by atoms with Gasteiger partial charge in [-0.1, -0.05) is 164 Å². The fraction of sp³-hybridized carbons (Fsp3) is 0.0312. The molecular weight excluding hydrogens is 811 g/mol. The van der Waals surface area contributed by atoms with Gasteiger partial charge in [0.05, 0.1) is 16.6 Å². The van der Waals surface area contributed by atoms with E-state index in [0.717, 1.165) is 35.6 Å². The zero-order chi connectivity index (χ0) is 44.3. The molecule has 3 heteroatoms. The Kier molecular flexibility index (Phi) is 9.31. The lowest BCUT2D eigenvalue weighted by atomic mass is 9.90. The highest BCUT2D eigenvalue weighted by Gasteiger charge is 2.21. The van der Waals surface area contributed by atoms with E-state index < -0.39 is 0 Å². The van der Waals surface area contributed by atoms with Crippen LogP contribution in [0.3, 0.4) is 0 Å². The summed E-state index contributed by atoms with van der Waals surface area (Å²) in [6.07, 6.45) is 6.76. The fourth-order valence-electron chi connectivity index (χ4n) is 10.7. The summed E-state index contributed by atoms with van der Waals surface area (Å²) >= 11 is 0. The van der Waals surface area contributed by atoms with Crippen molar-refractivity contribution in [3.63, 3.8) is 0 Å². The number of aromatic nitrogens is 2. The maximum atomic E-state index is 2.46. The highest BCUT2D eigenvalue weighted by atomic mass is 15.1. The van der Waals surface area contributed by atoms with Crippen LogP contribution in [0.25, 0.3) is 94.3 Å². The Morgan fingerprint density at radius 3 is 1.61 bits per heavy atom. The second kappa shape index (κ2) is 16.1. The van der Waals surface area contributed by atoms with Crippen molar-refractivity contribution in [1.29, 1.82) is 0 Å². The number of anilines is 3. The predicted octanol–water partition coefficient (Wildman–Crippen LogP) is 17.3. The van der Waals surface area contributed by atoms with Crippen LogP contribution in [0.15, 0.2) is 243 Å². The summed E-state index contributed by atoms with van der Waals surface area (Å²) < 4.78 is 4.83. The monoisotopic (exact) mass is 855 g/mol. The molecule has 0 atom stereocenters. The van der Waals surface area contributed by atoms with Crippen molar-refractivity contribution >= 4 is 66.6 Å². The number of hydrogen-bond donors (Lipinski definition) is 0. The summed E-state index contributed by atoms with van der Waals surface area (Å²) in [4.78, 5) is 2.37. The van der Waals surface area contributed by atoms with E-state index in [0.29, 0.717) is 0 Å². The molecule has 0 saturated carbocycles. The highest BCUT2D eigenvalue weighted by Crippen LogP contribution is 2.43. The summed E-state index contributed by atoms with van der Waals surface area (Å²) in [6, 6.07) is 86.4. The first-order valence-corrected chi connectivity index (χ1v) is 23.3. The molecule has 0 N–H and O–H groups in total. The Balaban J connectivity index is 0.862. The molecule has 0 radical (unpaired) electrons. The molecule has 316 valence electrons. The third-order valence-electron chi connectivity index (χ3n) is 13.8. The Hall–Kier alpha value is -8.66. The molecule has 10 aromatic carbocycles. The van der Waals surface area contributed by atoms with Crippen LogP contribution in [-0.4, -0.2) is 9.13 Å². The number of hydrogen-bond acceptors (Lipinski definition) is 1. The fourth-order valence-corrected chi connectivity index (χ4v) is 10.7. The lowest BCUT2D eigenvalue weighted by Crippen LogP contribution is -2.09. The standard InChI is InChI=1S/C64H45N3/c1-4-18-49(19-5-1)65(53-39-41-63-59(43-53)57-25-11-13-29-61(57)67(63)51-22-8-3-9-23-51)52-37-34-46(35-38-52)55-27-15-17-47-16-14-26-54(64(47)55)45-32-30-44(31-33-45)48-36-40-62-58(42-48)56-24-10-12-28-60(56)66(62)50-20-6-2-7-21-50/h1-11,13-27,29-43H,12,28H2. The van der Waals surface area contributed by atoms with E-state index >= 15 is 0 Å². The third-order valence-corrected chi connectivity index (χ3v) is 13.8. The van der Waals surface area contributed by atoms with Crippen LogP contribution in [-0.2, 0) is 6.42 Å². The molecule has 67 heavy (non-hydrogen) atoms. The van der Waals surface area contributed by atoms with E-state index in [9.17, 15) is 0 Å². The van der Waals surface area contributed by atoms with Crippen molar-refractivity contribution in [1.82, 2.24) is 9.13 Å². The smallest absolute Gasteiger partial charge is 0.0542 e. The van der Waals surface area contributed by atoms with Crippen LogP contribution in [0.1, 0.15) is 17.7 Å². The average Bonchev–Trinajstić information content (AvgIpc) is 3.92. The van der Waals surface area contributed by atoms with Crippen LogP contribution in [0, 0.1) is 0 Å². The van der Waals surface area contributed by atoms with Crippen molar-refractivity contribution in [2.45, 2.75) is 12.8 Å². The van der Waals surface area contributed by atoms with Gasteiger partial charge in [-0.15, -0.1) is 0 Å². The summed E-state index contributed by atoms with van der Waals surface area (Å²) in [6.45, 7) is 0. The summed E-state index contributed by atoms with van der Waals surface area (Å²) in [5.74, 6) is 0. The van der Waals surface area contributed by atoms with Gasteiger partial charge in [0.25, 0.3) is 0 Å². The zero-order valence-corrected chi connectivity index (χ0v) is 36.9. The van der Waals surface area contributed by atoms with Gasteiger partial charge in [0, 0.05) is 55.9 Å². The number of allylic oxidation sites excluding steroid dienone is 1. The molecule has 0 amide bonds. The minimum absolute atomic E-state index is 1.04. The number of benzene rings is 10. The molecule has 3 nitrogen and oxygen atoms in total. The number of para-hydroxylation sites is 4. The van der Waals surface area contributed by atoms with Gasteiger partial charge in [0.15, 0.2) is 0 Å². The average molecular weight is 856 g/mol. The van der Waals surface area contributed by atoms with Gasteiger partial charge in [-0.25, -0.2) is 0 Å². The van der Waals surface area contributed by atoms with E-state index in [2.05, 4.69) is 263 Å². The van der Waals surface area contributed by atoms with Crippen molar-refractivity contribution in [3.05, 3.63) is 254 Å². The molecule has 2 heterocycles. The summed E-state index contributed by atoms with van der Waals surface area (Å²) in [5.41, 5.74) is 19.4. The molecule has 1 aliphatic carbocycles. The predicted molar refractivity (Wildman–Crippen MR) is 283 cm³/mol. The second-order valence-corrected chi connectivity index (χ2v) is 17.6.